The predicted octanol–water partition coefficient (Wildman–Crippen LogP) is 3.22. The lowest BCUT2D eigenvalue weighted by molar-refractivity contribution is -0.0462. The van der Waals surface area contributed by atoms with Crippen molar-refractivity contribution in [2.75, 3.05) is 20.2 Å². The summed E-state index contributed by atoms with van der Waals surface area (Å²) in [7, 11) is 2.20. The molecule has 102 valence electrons. The maximum Gasteiger partial charge on any atom is 0.0605 e. The fourth-order valence-corrected chi connectivity index (χ4v) is 2.60. The van der Waals surface area contributed by atoms with Crippen LogP contribution in [0.4, 0.5) is 0 Å². The fourth-order valence-electron chi connectivity index (χ4n) is 2.34. The van der Waals surface area contributed by atoms with E-state index in [4.69, 9.17) is 4.74 Å². The van der Waals surface area contributed by atoms with Gasteiger partial charge in [-0.15, -0.1) is 0 Å². The molecule has 1 fully saturated rings. The van der Waals surface area contributed by atoms with E-state index < -0.39 is 0 Å². The van der Waals surface area contributed by atoms with Gasteiger partial charge in [0.15, 0.2) is 0 Å². The van der Waals surface area contributed by atoms with Crippen LogP contribution in [0.1, 0.15) is 46.5 Å². The van der Waals surface area contributed by atoms with Crippen LogP contribution in [0.15, 0.2) is 0 Å². The Morgan fingerprint density at radius 2 is 1.94 bits per heavy atom. The van der Waals surface area contributed by atoms with Crippen molar-refractivity contribution in [3.8, 4) is 0 Å². The van der Waals surface area contributed by atoms with E-state index in [1.54, 1.807) is 0 Å². The van der Waals surface area contributed by atoms with Crippen LogP contribution in [0, 0.1) is 5.92 Å². The highest BCUT2D eigenvalue weighted by Crippen LogP contribution is 2.28. The summed E-state index contributed by atoms with van der Waals surface area (Å²) < 4.78 is 5.87. The van der Waals surface area contributed by atoms with Crippen molar-refractivity contribution >= 4 is 12.6 Å². The lowest BCUT2D eigenvalue weighted by Gasteiger charge is -2.41. The third-order valence-corrected chi connectivity index (χ3v) is 3.69. The first-order chi connectivity index (χ1) is 7.99. The van der Waals surface area contributed by atoms with E-state index in [1.807, 2.05) is 0 Å². The van der Waals surface area contributed by atoms with Crippen molar-refractivity contribution in [2.24, 2.45) is 5.92 Å². The van der Waals surface area contributed by atoms with Crippen LogP contribution >= 0.6 is 12.6 Å². The van der Waals surface area contributed by atoms with Gasteiger partial charge in [0.2, 0.25) is 0 Å². The Bertz CT molecular complexity index is 202. The number of nitrogens with zero attached hydrogens (tertiary/aromatic N) is 1. The SMILES string of the molecule is CC(C)CCCO[C@H]1C[C@H](N(C)CC(C)S)C1. The van der Waals surface area contributed by atoms with E-state index in [-0.39, 0.29) is 0 Å². The summed E-state index contributed by atoms with van der Waals surface area (Å²) in [6, 6.07) is 0.722. The van der Waals surface area contributed by atoms with Gasteiger partial charge in [-0.2, -0.15) is 12.6 Å². The largest absolute Gasteiger partial charge is 0.378 e. The molecule has 0 bridgehead atoms. The van der Waals surface area contributed by atoms with E-state index in [0.29, 0.717) is 11.4 Å². The molecule has 0 heterocycles. The molecule has 3 heteroatoms. The summed E-state index contributed by atoms with van der Waals surface area (Å²) >= 11 is 4.43. The summed E-state index contributed by atoms with van der Waals surface area (Å²) in [4.78, 5) is 2.42. The first-order valence-electron chi connectivity index (χ1n) is 6.99. The quantitative estimate of drug-likeness (QED) is 0.531. The Balaban J connectivity index is 1.99. The van der Waals surface area contributed by atoms with Crippen LogP contribution in [-0.2, 0) is 4.74 Å². The van der Waals surface area contributed by atoms with Crippen LogP contribution in [-0.4, -0.2) is 42.5 Å². The molecule has 0 N–H and O–H groups in total. The summed E-state index contributed by atoms with van der Waals surface area (Å²) in [5.41, 5.74) is 0. The highest BCUT2D eigenvalue weighted by molar-refractivity contribution is 7.80. The molecule has 1 atom stereocenters. The van der Waals surface area contributed by atoms with Gasteiger partial charge < -0.3 is 9.64 Å². The summed E-state index contributed by atoms with van der Waals surface area (Å²) in [6.45, 7) is 8.72. The normalized spacial score (nSPS) is 26.3. The lowest BCUT2D eigenvalue weighted by Crippen LogP contribution is -2.47. The zero-order chi connectivity index (χ0) is 12.8. The average molecular weight is 259 g/mol. The molecule has 2 nitrogen and oxygen atoms in total. The number of thiol groups is 1. The molecule has 0 amide bonds. The molecular weight excluding hydrogens is 230 g/mol. The smallest absolute Gasteiger partial charge is 0.0605 e. The molecule has 0 aliphatic heterocycles. The summed E-state index contributed by atoms with van der Waals surface area (Å²) in [5, 5.41) is 0.464. The fraction of sp³-hybridized carbons (Fsp3) is 1.00. The first-order valence-corrected chi connectivity index (χ1v) is 7.50. The average Bonchev–Trinajstić information content (AvgIpc) is 2.12. The molecule has 1 rings (SSSR count). The van der Waals surface area contributed by atoms with Crippen LogP contribution in [0.2, 0.25) is 0 Å². The topological polar surface area (TPSA) is 12.5 Å². The van der Waals surface area contributed by atoms with Gasteiger partial charge in [-0.05, 0) is 38.6 Å². The molecule has 17 heavy (non-hydrogen) atoms. The Morgan fingerprint density at radius 3 is 2.47 bits per heavy atom. The highest BCUT2D eigenvalue weighted by atomic mass is 32.1. The second-order valence-corrected chi connectivity index (χ2v) is 6.82. The zero-order valence-corrected chi connectivity index (χ0v) is 12.7. The van der Waals surface area contributed by atoms with Gasteiger partial charge in [-0.3, -0.25) is 0 Å². The minimum atomic E-state index is 0.464. The predicted molar refractivity (Wildman–Crippen MR) is 77.9 cm³/mol. The molecule has 1 aliphatic rings. The van der Waals surface area contributed by atoms with Gasteiger partial charge in [0.25, 0.3) is 0 Å². The molecule has 0 aromatic heterocycles. The molecule has 1 saturated carbocycles. The number of rotatable bonds is 8. The van der Waals surface area contributed by atoms with Gasteiger partial charge in [0, 0.05) is 24.4 Å². The number of hydrogen-bond acceptors (Lipinski definition) is 3. The Labute approximate surface area is 113 Å². The summed E-state index contributed by atoms with van der Waals surface area (Å²) in [5.74, 6) is 0.802. The van der Waals surface area contributed by atoms with Crippen molar-refractivity contribution < 1.29 is 4.74 Å². The second kappa shape index (κ2) is 7.65. The maximum atomic E-state index is 5.87. The van der Waals surface area contributed by atoms with Gasteiger partial charge in [0.1, 0.15) is 0 Å². The molecule has 0 aromatic rings. The first kappa shape index (κ1) is 15.3. The van der Waals surface area contributed by atoms with E-state index in [9.17, 15) is 0 Å². The molecule has 1 unspecified atom stereocenters. The minimum Gasteiger partial charge on any atom is -0.378 e. The lowest BCUT2D eigenvalue weighted by atomic mass is 9.88. The summed E-state index contributed by atoms with van der Waals surface area (Å²) in [6.07, 6.45) is 5.43. The van der Waals surface area contributed by atoms with Crippen LogP contribution in [0.5, 0.6) is 0 Å². The molecule has 0 aromatic carbocycles. The van der Waals surface area contributed by atoms with Gasteiger partial charge >= 0.3 is 0 Å². The molecule has 0 spiro atoms. The van der Waals surface area contributed by atoms with E-state index in [0.717, 1.165) is 25.1 Å². The molecule has 1 aliphatic carbocycles. The van der Waals surface area contributed by atoms with Crippen molar-refractivity contribution in [2.45, 2.75) is 63.9 Å². The van der Waals surface area contributed by atoms with Gasteiger partial charge in [-0.25, -0.2) is 0 Å². The van der Waals surface area contributed by atoms with Crippen molar-refractivity contribution in [1.29, 1.82) is 0 Å². The van der Waals surface area contributed by atoms with Crippen LogP contribution < -0.4 is 0 Å². The molecule has 0 saturated heterocycles. The van der Waals surface area contributed by atoms with Crippen LogP contribution in [0.3, 0.4) is 0 Å². The number of ether oxygens (including phenoxy) is 1. The van der Waals surface area contributed by atoms with Gasteiger partial charge in [-0.1, -0.05) is 20.8 Å². The Hall–Kier alpha value is 0.270. The van der Waals surface area contributed by atoms with E-state index in [2.05, 4.69) is 45.3 Å². The van der Waals surface area contributed by atoms with Crippen molar-refractivity contribution in [3.63, 3.8) is 0 Å². The molecule has 0 radical (unpaired) electrons. The van der Waals surface area contributed by atoms with E-state index in [1.165, 1.54) is 25.7 Å². The van der Waals surface area contributed by atoms with Crippen molar-refractivity contribution in [3.05, 3.63) is 0 Å². The third kappa shape index (κ3) is 6.12. The zero-order valence-electron chi connectivity index (χ0n) is 11.9. The maximum absolute atomic E-state index is 5.87. The third-order valence-electron chi connectivity index (χ3n) is 3.52. The monoisotopic (exact) mass is 259 g/mol. The van der Waals surface area contributed by atoms with E-state index >= 15 is 0 Å². The second-order valence-electron chi connectivity index (χ2n) is 5.94. The Morgan fingerprint density at radius 1 is 1.29 bits per heavy atom. The highest BCUT2D eigenvalue weighted by Gasteiger charge is 2.32. The standard InChI is InChI=1S/C14H29NOS/c1-11(2)6-5-7-16-14-8-13(9-14)15(4)10-12(3)17/h11-14,17H,5-10H2,1-4H3/t12?,13-,14-. The van der Waals surface area contributed by atoms with Crippen molar-refractivity contribution in [1.82, 2.24) is 4.90 Å². The number of hydrogen-bond donors (Lipinski definition) is 1. The molecular formula is C14H29NOS. The van der Waals surface area contributed by atoms with Crippen LogP contribution in [0.25, 0.3) is 0 Å². The minimum absolute atomic E-state index is 0.464. The Kier molecular flexibility index (Phi) is 6.90. The van der Waals surface area contributed by atoms with Gasteiger partial charge in [0.05, 0.1) is 6.10 Å².